The minimum atomic E-state index is -0.479. The zero-order valence-corrected chi connectivity index (χ0v) is 10.2. The van der Waals surface area contributed by atoms with Gasteiger partial charge in [-0.25, -0.2) is 0 Å². The van der Waals surface area contributed by atoms with Crippen LogP contribution in [0.3, 0.4) is 0 Å². The molecule has 7 nitrogen and oxygen atoms in total. The number of nitrogens with zero attached hydrogens (tertiary/aromatic N) is 2. The van der Waals surface area contributed by atoms with E-state index in [2.05, 4.69) is 10.3 Å². The van der Waals surface area contributed by atoms with Gasteiger partial charge in [0.05, 0.1) is 11.0 Å². The van der Waals surface area contributed by atoms with Crippen LogP contribution in [-0.4, -0.2) is 9.91 Å². The predicted molar refractivity (Wildman–Crippen MR) is 74.8 cm³/mol. The van der Waals surface area contributed by atoms with Crippen molar-refractivity contribution in [3.8, 4) is 0 Å². The smallest absolute Gasteiger partial charge is 0.300 e. The quantitative estimate of drug-likeness (QED) is 0.430. The first kappa shape index (κ1) is 12.0. The molecule has 0 aliphatic carbocycles. The molecule has 1 aromatic heterocycles. The Morgan fingerprint density at radius 3 is 2.85 bits per heavy atom. The Labute approximate surface area is 113 Å². The first-order valence-electron chi connectivity index (χ1n) is 5.79. The normalized spacial score (nSPS) is 10.6. The fraction of sp³-hybridized carbons (Fsp3) is 0. The van der Waals surface area contributed by atoms with Crippen LogP contribution in [0.15, 0.2) is 46.9 Å². The summed E-state index contributed by atoms with van der Waals surface area (Å²) in [5, 5.41) is 13.6. The molecular weight excluding hydrogens is 260 g/mol. The molecule has 3 aromatic rings. The maximum atomic E-state index is 10.7. The van der Waals surface area contributed by atoms with Gasteiger partial charge in [-0.3, -0.25) is 10.1 Å². The van der Waals surface area contributed by atoms with Crippen molar-refractivity contribution < 1.29 is 9.34 Å². The minimum absolute atomic E-state index is 0.0378. The summed E-state index contributed by atoms with van der Waals surface area (Å²) in [6, 6.07) is 11.6. The van der Waals surface area contributed by atoms with Crippen LogP contribution < -0.4 is 11.1 Å². The highest BCUT2D eigenvalue weighted by Gasteiger charge is 2.11. The summed E-state index contributed by atoms with van der Waals surface area (Å²) in [5.74, 6) is 0. The van der Waals surface area contributed by atoms with Crippen molar-refractivity contribution in [1.82, 2.24) is 4.98 Å². The predicted octanol–water partition coefficient (Wildman–Crippen LogP) is 3.06. The van der Waals surface area contributed by atoms with Gasteiger partial charge in [0.15, 0.2) is 5.58 Å². The number of non-ortho nitro benzene ring substituents is 1. The van der Waals surface area contributed by atoms with Crippen molar-refractivity contribution in [2.75, 3.05) is 11.1 Å². The van der Waals surface area contributed by atoms with Crippen molar-refractivity contribution >= 4 is 34.2 Å². The zero-order valence-electron chi connectivity index (χ0n) is 10.2. The number of nitrogens with two attached hydrogens (primary N) is 1. The van der Waals surface area contributed by atoms with Crippen molar-refractivity contribution in [2.45, 2.75) is 0 Å². The fourth-order valence-corrected chi connectivity index (χ4v) is 1.82. The average Bonchev–Trinajstić information content (AvgIpc) is 2.79. The standard InChI is InChI=1S/C13H10N4O3/c14-8-2-1-3-9(6-8)15-13-16-11-5-4-10(17(18)19)7-12(11)20-13/h1-7H,14H2,(H,15,16). The number of nitro benzene ring substituents is 1. The van der Waals surface area contributed by atoms with E-state index in [0.29, 0.717) is 16.8 Å². The van der Waals surface area contributed by atoms with E-state index >= 15 is 0 Å². The molecule has 20 heavy (non-hydrogen) atoms. The Bertz CT molecular complexity index is 797. The number of rotatable bonds is 3. The van der Waals surface area contributed by atoms with Crippen LogP contribution in [0.5, 0.6) is 0 Å². The molecule has 0 unspecified atom stereocenters. The molecule has 0 aliphatic heterocycles. The van der Waals surface area contributed by atoms with Gasteiger partial charge < -0.3 is 15.5 Å². The molecule has 0 amide bonds. The summed E-state index contributed by atoms with van der Waals surface area (Å²) in [7, 11) is 0. The summed E-state index contributed by atoms with van der Waals surface area (Å²) < 4.78 is 5.44. The maximum absolute atomic E-state index is 10.7. The first-order valence-corrected chi connectivity index (χ1v) is 5.79. The molecule has 0 radical (unpaired) electrons. The third-order valence-corrected chi connectivity index (χ3v) is 2.72. The van der Waals surface area contributed by atoms with Gasteiger partial charge in [0.1, 0.15) is 5.52 Å². The Kier molecular flexibility index (Phi) is 2.72. The highest BCUT2D eigenvalue weighted by molar-refractivity contribution is 5.78. The second kappa shape index (κ2) is 4.54. The largest absolute Gasteiger partial charge is 0.423 e. The van der Waals surface area contributed by atoms with Crippen LogP contribution in [0, 0.1) is 10.1 Å². The van der Waals surface area contributed by atoms with Crippen LogP contribution in [0.1, 0.15) is 0 Å². The van der Waals surface area contributed by atoms with Crippen LogP contribution >= 0.6 is 0 Å². The summed E-state index contributed by atoms with van der Waals surface area (Å²) in [6.45, 7) is 0. The number of anilines is 3. The minimum Gasteiger partial charge on any atom is -0.423 e. The molecule has 3 N–H and O–H groups in total. The van der Waals surface area contributed by atoms with E-state index in [4.69, 9.17) is 10.2 Å². The highest BCUT2D eigenvalue weighted by Crippen LogP contribution is 2.25. The lowest BCUT2D eigenvalue weighted by Gasteiger charge is -2.01. The van der Waals surface area contributed by atoms with Crippen LogP contribution in [-0.2, 0) is 0 Å². The molecule has 100 valence electrons. The first-order chi connectivity index (χ1) is 9.61. The number of nitrogens with one attached hydrogen (secondary N) is 1. The molecule has 0 aliphatic rings. The van der Waals surface area contributed by atoms with E-state index in [1.165, 1.54) is 12.1 Å². The topological polar surface area (TPSA) is 107 Å². The van der Waals surface area contributed by atoms with E-state index in [1.807, 2.05) is 6.07 Å². The van der Waals surface area contributed by atoms with Gasteiger partial charge in [-0.1, -0.05) is 6.07 Å². The van der Waals surface area contributed by atoms with E-state index in [9.17, 15) is 10.1 Å². The molecule has 3 rings (SSSR count). The zero-order chi connectivity index (χ0) is 14.1. The summed E-state index contributed by atoms with van der Waals surface area (Å²) in [5.41, 5.74) is 7.87. The summed E-state index contributed by atoms with van der Waals surface area (Å²) in [4.78, 5) is 14.4. The van der Waals surface area contributed by atoms with Crippen molar-refractivity contribution in [1.29, 1.82) is 0 Å². The van der Waals surface area contributed by atoms with Gasteiger partial charge in [-0.15, -0.1) is 0 Å². The molecular formula is C13H10N4O3. The third-order valence-electron chi connectivity index (χ3n) is 2.72. The Morgan fingerprint density at radius 2 is 2.10 bits per heavy atom. The molecule has 0 atom stereocenters. The Balaban J connectivity index is 1.95. The van der Waals surface area contributed by atoms with Crippen molar-refractivity contribution in [3.05, 3.63) is 52.6 Å². The van der Waals surface area contributed by atoms with Gasteiger partial charge in [-0.05, 0) is 24.3 Å². The number of aromatic nitrogens is 1. The SMILES string of the molecule is Nc1cccc(Nc2nc3ccc([N+](=O)[O-])cc3o2)c1. The number of nitro groups is 1. The van der Waals surface area contributed by atoms with Crippen LogP contribution in [0.25, 0.3) is 11.1 Å². The number of hydrogen-bond acceptors (Lipinski definition) is 6. The fourth-order valence-electron chi connectivity index (χ4n) is 1.82. The molecule has 0 fully saturated rings. The van der Waals surface area contributed by atoms with Crippen LogP contribution in [0.4, 0.5) is 23.1 Å². The average molecular weight is 270 g/mol. The maximum Gasteiger partial charge on any atom is 0.300 e. The third kappa shape index (κ3) is 2.24. The molecule has 0 spiro atoms. The number of hydrogen-bond donors (Lipinski definition) is 2. The second-order valence-corrected chi connectivity index (χ2v) is 4.18. The Hall–Kier alpha value is -3.09. The van der Waals surface area contributed by atoms with E-state index in [0.717, 1.165) is 5.69 Å². The van der Waals surface area contributed by atoms with E-state index < -0.39 is 4.92 Å². The molecule has 2 aromatic carbocycles. The lowest BCUT2D eigenvalue weighted by molar-refractivity contribution is -0.384. The van der Waals surface area contributed by atoms with Gasteiger partial charge in [-0.2, -0.15) is 4.98 Å². The number of fused-ring (bicyclic) bond motifs is 1. The van der Waals surface area contributed by atoms with Crippen molar-refractivity contribution in [3.63, 3.8) is 0 Å². The number of oxazole rings is 1. The summed E-state index contributed by atoms with van der Waals surface area (Å²) in [6.07, 6.45) is 0. The lowest BCUT2D eigenvalue weighted by Crippen LogP contribution is -1.91. The second-order valence-electron chi connectivity index (χ2n) is 4.18. The molecule has 0 saturated heterocycles. The molecule has 7 heteroatoms. The summed E-state index contributed by atoms with van der Waals surface area (Å²) >= 11 is 0. The lowest BCUT2D eigenvalue weighted by atomic mass is 10.3. The molecule has 0 saturated carbocycles. The molecule has 1 heterocycles. The Morgan fingerprint density at radius 1 is 1.25 bits per heavy atom. The van der Waals surface area contributed by atoms with Gasteiger partial charge in [0, 0.05) is 17.4 Å². The number of benzene rings is 2. The number of nitrogen functional groups attached to an aromatic ring is 1. The molecule has 0 bridgehead atoms. The van der Waals surface area contributed by atoms with Crippen LogP contribution in [0.2, 0.25) is 0 Å². The van der Waals surface area contributed by atoms with E-state index in [1.54, 1.807) is 24.3 Å². The van der Waals surface area contributed by atoms with Crippen molar-refractivity contribution in [2.24, 2.45) is 0 Å². The van der Waals surface area contributed by atoms with E-state index in [-0.39, 0.29) is 11.7 Å². The highest BCUT2D eigenvalue weighted by atomic mass is 16.6. The van der Waals surface area contributed by atoms with Gasteiger partial charge in [0.2, 0.25) is 0 Å². The van der Waals surface area contributed by atoms with Gasteiger partial charge >= 0.3 is 0 Å². The van der Waals surface area contributed by atoms with Gasteiger partial charge in [0.25, 0.3) is 11.7 Å². The monoisotopic (exact) mass is 270 g/mol.